The Balaban J connectivity index is 2.45. The molecule has 0 aliphatic heterocycles. The first-order chi connectivity index (χ1) is 7.97. The van der Waals surface area contributed by atoms with Crippen LogP contribution >= 0.6 is 0 Å². The molecule has 0 heterocycles. The van der Waals surface area contributed by atoms with Gasteiger partial charge in [-0.15, -0.1) is 0 Å². The quantitative estimate of drug-likeness (QED) is 0.755. The van der Waals surface area contributed by atoms with Gasteiger partial charge in [-0.1, -0.05) is 29.3 Å². The number of ether oxygens (including phenoxy) is 1. The Morgan fingerprint density at radius 2 is 1.76 bits per heavy atom. The number of carbonyl (C=O) groups is 1. The Hall–Kier alpha value is -1.15. The van der Waals surface area contributed by atoms with Crippen molar-refractivity contribution in [2.75, 3.05) is 6.61 Å². The minimum absolute atomic E-state index is 0.198. The van der Waals surface area contributed by atoms with Gasteiger partial charge in [-0.3, -0.25) is 4.79 Å². The van der Waals surface area contributed by atoms with E-state index < -0.39 is 0 Å². The van der Waals surface area contributed by atoms with Gasteiger partial charge in [-0.2, -0.15) is 0 Å². The van der Waals surface area contributed by atoms with Crippen LogP contribution in [0.1, 0.15) is 37.0 Å². The third kappa shape index (κ3) is 5.64. The van der Waals surface area contributed by atoms with Gasteiger partial charge >= 0.3 is 0 Å². The number of rotatable bonds is 6. The van der Waals surface area contributed by atoms with E-state index in [2.05, 4.69) is 32.0 Å². The van der Waals surface area contributed by atoms with Crippen LogP contribution in [0.25, 0.3) is 0 Å². The fourth-order valence-electron chi connectivity index (χ4n) is 1.90. The van der Waals surface area contributed by atoms with E-state index in [1.54, 1.807) is 0 Å². The van der Waals surface area contributed by atoms with Crippen molar-refractivity contribution in [2.24, 2.45) is 0 Å². The molecule has 1 aromatic rings. The van der Waals surface area contributed by atoms with E-state index in [0.717, 1.165) is 5.56 Å². The second-order valence-electron chi connectivity index (χ2n) is 4.88. The topological polar surface area (TPSA) is 26.3 Å². The average molecular weight is 234 g/mol. The fraction of sp³-hybridized carbons (Fsp3) is 0.533. The molecule has 0 saturated heterocycles. The van der Waals surface area contributed by atoms with Crippen LogP contribution in [0.3, 0.4) is 0 Å². The highest BCUT2D eigenvalue weighted by Crippen LogP contribution is 2.10. The molecule has 1 rings (SSSR count). The number of benzene rings is 1. The molecular weight excluding hydrogens is 212 g/mol. The maximum atomic E-state index is 11.7. The number of ketones is 1. The molecule has 0 radical (unpaired) electrons. The van der Waals surface area contributed by atoms with E-state index in [1.165, 1.54) is 11.1 Å². The van der Waals surface area contributed by atoms with Gasteiger partial charge in [0.05, 0.1) is 12.7 Å². The lowest BCUT2D eigenvalue weighted by Crippen LogP contribution is -2.10. The number of hydrogen-bond donors (Lipinski definition) is 0. The zero-order chi connectivity index (χ0) is 12.8. The molecule has 0 N–H and O–H groups in total. The lowest BCUT2D eigenvalue weighted by molar-refractivity contribution is -0.119. The Bertz CT molecular complexity index is 360. The highest BCUT2D eigenvalue weighted by molar-refractivity contribution is 5.81. The van der Waals surface area contributed by atoms with Crippen LogP contribution < -0.4 is 0 Å². The Morgan fingerprint density at radius 1 is 1.18 bits per heavy atom. The minimum Gasteiger partial charge on any atom is -0.378 e. The lowest BCUT2D eigenvalue weighted by atomic mass is 10.0. The van der Waals surface area contributed by atoms with Crippen LogP contribution in [-0.4, -0.2) is 18.5 Å². The SMILES string of the molecule is Cc1cc(C)cc(CC(=O)CCOC(C)C)c1. The van der Waals surface area contributed by atoms with Gasteiger partial charge in [0.25, 0.3) is 0 Å². The van der Waals surface area contributed by atoms with E-state index >= 15 is 0 Å². The summed E-state index contributed by atoms with van der Waals surface area (Å²) >= 11 is 0. The van der Waals surface area contributed by atoms with Crippen LogP contribution in [0, 0.1) is 13.8 Å². The van der Waals surface area contributed by atoms with Crippen LogP contribution in [0.5, 0.6) is 0 Å². The first kappa shape index (κ1) is 13.9. The largest absolute Gasteiger partial charge is 0.378 e. The van der Waals surface area contributed by atoms with Gasteiger partial charge in [0.2, 0.25) is 0 Å². The Kier molecular flexibility index (Phi) is 5.36. The predicted octanol–water partition coefficient (Wildman–Crippen LogP) is 3.23. The summed E-state index contributed by atoms with van der Waals surface area (Å²) in [5.41, 5.74) is 3.54. The molecule has 0 atom stereocenters. The van der Waals surface area contributed by atoms with Crippen molar-refractivity contribution in [1.29, 1.82) is 0 Å². The molecular formula is C15H22O2. The second kappa shape index (κ2) is 6.55. The highest BCUT2D eigenvalue weighted by atomic mass is 16.5. The van der Waals surface area contributed by atoms with Crippen LogP contribution in [0.4, 0.5) is 0 Å². The van der Waals surface area contributed by atoms with Gasteiger partial charge in [0.1, 0.15) is 5.78 Å². The van der Waals surface area contributed by atoms with E-state index in [-0.39, 0.29) is 11.9 Å². The standard InChI is InChI=1S/C15H22O2/c1-11(2)17-6-5-15(16)10-14-8-12(3)7-13(4)9-14/h7-9,11H,5-6,10H2,1-4H3. The summed E-state index contributed by atoms with van der Waals surface area (Å²) in [6.07, 6.45) is 1.22. The molecule has 0 unspecified atom stereocenters. The summed E-state index contributed by atoms with van der Waals surface area (Å²) in [5.74, 6) is 0.246. The van der Waals surface area contributed by atoms with E-state index in [9.17, 15) is 4.79 Å². The number of carbonyl (C=O) groups excluding carboxylic acids is 1. The predicted molar refractivity (Wildman–Crippen MR) is 70.3 cm³/mol. The fourth-order valence-corrected chi connectivity index (χ4v) is 1.90. The van der Waals surface area contributed by atoms with Crippen molar-refractivity contribution in [3.63, 3.8) is 0 Å². The molecule has 94 valence electrons. The van der Waals surface area contributed by atoms with Crippen molar-refractivity contribution in [3.05, 3.63) is 34.9 Å². The summed E-state index contributed by atoms with van der Waals surface area (Å²) in [5, 5.41) is 0. The normalized spacial score (nSPS) is 10.9. The summed E-state index contributed by atoms with van der Waals surface area (Å²) in [7, 11) is 0. The lowest BCUT2D eigenvalue weighted by Gasteiger charge is -2.07. The van der Waals surface area contributed by atoms with Gasteiger partial charge in [0, 0.05) is 12.8 Å². The van der Waals surface area contributed by atoms with E-state index in [0.29, 0.717) is 19.4 Å². The maximum absolute atomic E-state index is 11.7. The number of hydrogen-bond acceptors (Lipinski definition) is 2. The number of aryl methyl sites for hydroxylation is 2. The van der Waals surface area contributed by atoms with Crippen molar-refractivity contribution in [3.8, 4) is 0 Å². The van der Waals surface area contributed by atoms with Crippen molar-refractivity contribution in [1.82, 2.24) is 0 Å². The maximum Gasteiger partial charge on any atom is 0.139 e. The first-order valence-electron chi connectivity index (χ1n) is 6.18. The zero-order valence-electron chi connectivity index (χ0n) is 11.2. The molecule has 1 aromatic carbocycles. The summed E-state index contributed by atoms with van der Waals surface area (Å²) in [6, 6.07) is 6.28. The van der Waals surface area contributed by atoms with Crippen molar-refractivity contribution < 1.29 is 9.53 Å². The van der Waals surface area contributed by atoms with Crippen LogP contribution in [0.2, 0.25) is 0 Å². The van der Waals surface area contributed by atoms with Gasteiger partial charge in [0.15, 0.2) is 0 Å². The molecule has 0 aromatic heterocycles. The summed E-state index contributed by atoms with van der Waals surface area (Å²) in [6.45, 7) is 8.61. The first-order valence-corrected chi connectivity index (χ1v) is 6.18. The molecule has 2 heteroatoms. The third-order valence-electron chi connectivity index (χ3n) is 2.51. The molecule has 2 nitrogen and oxygen atoms in total. The second-order valence-corrected chi connectivity index (χ2v) is 4.88. The van der Waals surface area contributed by atoms with E-state index in [4.69, 9.17) is 4.74 Å². The molecule has 0 aliphatic carbocycles. The molecule has 0 amide bonds. The highest BCUT2D eigenvalue weighted by Gasteiger charge is 2.05. The summed E-state index contributed by atoms with van der Waals surface area (Å²) in [4.78, 5) is 11.7. The van der Waals surface area contributed by atoms with Gasteiger partial charge < -0.3 is 4.74 Å². The molecule has 0 aliphatic rings. The molecule has 17 heavy (non-hydrogen) atoms. The molecule has 0 saturated carbocycles. The molecule has 0 fully saturated rings. The minimum atomic E-state index is 0.198. The Labute approximate surface area is 104 Å². The third-order valence-corrected chi connectivity index (χ3v) is 2.51. The monoisotopic (exact) mass is 234 g/mol. The van der Waals surface area contributed by atoms with Gasteiger partial charge in [-0.05, 0) is 33.3 Å². The van der Waals surface area contributed by atoms with Crippen molar-refractivity contribution in [2.45, 2.75) is 46.6 Å². The molecule has 0 spiro atoms. The number of Topliss-reactive ketones (excluding diaryl/α,β-unsaturated/α-hetero) is 1. The summed E-state index contributed by atoms with van der Waals surface area (Å²) < 4.78 is 5.38. The van der Waals surface area contributed by atoms with Crippen LogP contribution in [-0.2, 0) is 16.0 Å². The van der Waals surface area contributed by atoms with E-state index in [1.807, 2.05) is 13.8 Å². The van der Waals surface area contributed by atoms with Crippen molar-refractivity contribution >= 4 is 5.78 Å². The average Bonchev–Trinajstić information content (AvgIpc) is 2.14. The van der Waals surface area contributed by atoms with Gasteiger partial charge in [-0.25, -0.2) is 0 Å². The zero-order valence-corrected chi connectivity index (χ0v) is 11.2. The van der Waals surface area contributed by atoms with Crippen LogP contribution in [0.15, 0.2) is 18.2 Å². The smallest absolute Gasteiger partial charge is 0.139 e. The molecule has 0 bridgehead atoms. The Morgan fingerprint density at radius 3 is 2.29 bits per heavy atom.